The Morgan fingerprint density at radius 1 is 1.29 bits per heavy atom. The van der Waals surface area contributed by atoms with Crippen LogP contribution in [0.2, 0.25) is 5.02 Å². The number of carbonyl (C=O) groups excluding carboxylic acids is 1. The molecule has 0 saturated heterocycles. The number of pyridine rings is 2. The van der Waals surface area contributed by atoms with Crippen molar-refractivity contribution in [2.75, 3.05) is 6.54 Å². The lowest BCUT2D eigenvalue weighted by Gasteiger charge is -2.48. The number of fused-ring (bicyclic) bond motifs is 1. The van der Waals surface area contributed by atoms with Crippen molar-refractivity contribution >= 4 is 32.9 Å². The number of nitrogens with zero attached hydrogens (tertiary/aromatic N) is 4. The number of ketones is 1. The lowest BCUT2D eigenvalue weighted by Crippen LogP contribution is -2.62. The molecule has 2 N–H and O–H groups in total. The first-order valence-corrected chi connectivity index (χ1v) is 12.8. The van der Waals surface area contributed by atoms with Crippen LogP contribution in [-0.2, 0) is 21.7 Å². The lowest BCUT2D eigenvalue weighted by atomic mass is 9.87. The number of halogens is 4. The van der Waals surface area contributed by atoms with Crippen LogP contribution >= 0.6 is 11.6 Å². The van der Waals surface area contributed by atoms with E-state index >= 15 is 4.39 Å². The predicted octanol–water partition coefficient (Wildman–Crippen LogP) is 4.24. The van der Waals surface area contributed by atoms with Crippen LogP contribution in [0.25, 0.3) is 0 Å². The van der Waals surface area contributed by atoms with E-state index in [4.69, 9.17) is 17.3 Å². The van der Waals surface area contributed by atoms with Gasteiger partial charge in [-0.25, -0.2) is 21.7 Å². The molecular weight excluding hydrogens is 503 g/mol. The Kier molecular flexibility index (Phi) is 6.03. The highest BCUT2D eigenvalue weighted by atomic mass is 35.5. The molecule has 12 heteroatoms. The molecule has 0 saturated carbocycles. The average molecular weight is 528 g/mol. The van der Waals surface area contributed by atoms with Gasteiger partial charge in [-0.2, -0.15) is 0 Å². The topological polar surface area (TPSA) is 111 Å². The fourth-order valence-corrected chi connectivity index (χ4v) is 7.99. The smallest absolute Gasteiger partial charge is 0.269 e. The van der Waals surface area contributed by atoms with Gasteiger partial charge in [-0.3, -0.25) is 19.8 Å². The molecule has 35 heavy (non-hydrogen) atoms. The van der Waals surface area contributed by atoms with Crippen LogP contribution in [0.1, 0.15) is 54.6 Å². The van der Waals surface area contributed by atoms with Gasteiger partial charge in [-0.05, 0) is 51.5 Å². The Hall–Kier alpha value is -2.53. The van der Waals surface area contributed by atoms with Gasteiger partial charge in [0.2, 0.25) is 0 Å². The van der Waals surface area contributed by atoms with Crippen LogP contribution in [-0.4, -0.2) is 48.3 Å². The molecule has 0 radical (unpaired) electrons. The van der Waals surface area contributed by atoms with Crippen LogP contribution in [0.4, 0.5) is 13.2 Å². The van der Waals surface area contributed by atoms with Crippen molar-refractivity contribution in [3.05, 3.63) is 57.9 Å². The normalized spacial score (nSPS) is 29.0. The molecule has 7 nitrogen and oxygen atoms in total. The quantitative estimate of drug-likeness (QED) is 0.598. The Balaban J connectivity index is 1.82. The van der Waals surface area contributed by atoms with E-state index in [9.17, 15) is 17.8 Å². The Labute approximate surface area is 206 Å². The van der Waals surface area contributed by atoms with E-state index in [2.05, 4.69) is 19.3 Å². The minimum absolute atomic E-state index is 0.0844. The van der Waals surface area contributed by atoms with Crippen molar-refractivity contribution in [3.63, 3.8) is 0 Å². The number of aliphatic imine (C=N–C) groups is 1. The highest BCUT2D eigenvalue weighted by Gasteiger charge is 2.60. The molecule has 0 spiro atoms. The highest BCUT2D eigenvalue weighted by Crippen LogP contribution is 2.49. The van der Waals surface area contributed by atoms with Crippen molar-refractivity contribution in [3.8, 4) is 0 Å². The molecule has 0 unspecified atom stereocenters. The molecule has 4 rings (SSSR count). The van der Waals surface area contributed by atoms with Gasteiger partial charge < -0.3 is 5.73 Å². The number of aromatic nitrogens is 2. The molecule has 0 aromatic carbocycles. The van der Waals surface area contributed by atoms with Gasteiger partial charge in [0.1, 0.15) is 39.9 Å². The average Bonchev–Trinajstić information content (AvgIpc) is 2.75. The van der Waals surface area contributed by atoms with E-state index in [1.807, 2.05) is 0 Å². The van der Waals surface area contributed by atoms with Gasteiger partial charge in [-0.15, -0.1) is 0 Å². The number of hydrogen-bond acceptors (Lipinski definition) is 7. The fraction of sp³-hybridized carbons (Fsp3) is 0.478. The van der Waals surface area contributed by atoms with Crippen molar-refractivity contribution < 1.29 is 22.2 Å². The van der Waals surface area contributed by atoms with Gasteiger partial charge in [0.25, 0.3) is 5.92 Å². The van der Waals surface area contributed by atoms with E-state index in [1.165, 1.54) is 33.0 Å². The number of alkyl halides is 2. The van der Waals surface area contributed by atoms with Crippen molar-refractivity contribution in [1.29, 1.82) is 0 Å². The van der Waals surface area contributed by atoms with E-state index < -0.39 is 50.0 Å². The number of rotatable bonds is 4. The second-order valence-electron chi connectivity index (χ2n) is 9.61. The summed E-state index contributed by atoms with van der Waals surface area (Å²) in [4.78, 5) is 25.6. The SMILES string of the molecule is Cc1cc(Cl)cnc1C(=O)Cc1ccc(F)c([C@@]2(C)N=C(N)C(C)(C)[S@@]3(=O)=NCC(F)(F)C[C@H]23)n1. The number of hydrogen-bond donors (Lipinski definition) is 1. The molecule has 0 fully saturated rings. The molecule has 188 valence electrons. The van der Waals surface area contributed by atoms with Gasteiger partial charge in [0, 0.05) is 18.3 Å². The largest absolute Gasteiger partial charge is 0.386 e. The minimum Gasteiger partial charge on any atom is -0.386 e. The van der Waals surface area contributed by atoms with Gasteiger partial charge in [0.15, 0.2) is 5.78 Å². The summed E-state index contributed by atoms with van der Waals surface area (Å²) in [6, 6.07) is 4.00. The van der Waals surface area contributed by atoms with Crippen LogP contribution in [0.3, 0.4) is 0 Å². The number of nitrogens with two attached hydrogens (primary N) is 1. The Bertz CT molecular complexity index is 1390. The number of amidine groups is 1. The summed E-state index contributed by atoms with van der Waals surface area (Å²) in [6.45, 7) is 5.23. The maximum Gasteiger partial charge on any atom is 0.269 e. The summed E-state index contributed by atoms with van der Waals surface area (Å²) in [7, 11) is -3.40. The zero-order valence-corrected chi connectivity index (χ0v) is 21.2. The molecule has 3 atom stereocenters. The summed E-state index contributed by atoms with van der Waals surface area (Å²) in [5.41, 5.74) is 4.98. The molecule has 0 bridgehead atoms. The number of aryl methyl sites for hydroxylation is 1. The third-order valence-electron chi connectivity index (χ3n) is 6.72. The minimum atomic E-state index is -3.40. The maximum absolute atomic E-state index is 15.2. The second-order valence-corrected chi connectivity index (χ2v) is 13.0. The highest BCUT2D eigenvalue weighted by molar-refractivity contribution is 7.96. The fourth-order valence-electron chi connectivity index (χ4n) is 4.58. The van der Waals surface area contributed by atoms with Crippen LogP contribution < -0.4 is 5.73 Å². The van der Waals surface area contributed by atoms with Crippen molar-refractivity contribution in [1.82, 2.24) is 9.97 Å². The van der Waals surface area contributed by atoms with Crippen molar-refractivity contribution in [2.45, 2.75) is 62.0 Å². The summed E-state index contributed by atoms with van der Waals surface area (Å²) < 4.78 is 60.8. The van der Waals surface area contributed by atoms with Crippen LogP contribution in [0, 0.1) is 12.7 Å². The van der Waals surface area contributed by atoms with E-state index in [0.29, 0.717) is 10.6 Å². The zero-order valence-electron chi connectivity index (χ0n) is 19.6. The summed E-state index contributed by atoms with van der Waals surface area (Å²) in [5.74, 6) is -4.55. The molecule has 0 amide bonds. The molecule has 2 aromatic heterocycles. The number of carbonyl (C=O) groups is 1. The Morgan fingerprint density at radius 3 is 2.63 bits per heavy atom. The first-order valence-electron chi connectivity index (χ1n) is 10.9. The monoisotopic (exact) mass is 527 g/mol. The molecular formula is C23H25ClF3N5O2S. The third-order valence-corrected chi connectivity index (χ3v) is 10.5. The van der Waals surface area contributed by atoms with Gasteiger partial charge >= 0.3 is 0 Å². The van der Waals surface area contributed by atoms with Crippen LogP contribution in [0.5, 0.6) is 0 Å². The molecule has 4 heterocycles. The number of Topliss-reactive ketones (excluding diaryl/α,β-unsaturated/α-hetero) is 1. The van der Waals surface area contributed by atoms with E-state index in [1.54, 1.807) is 13.0 Å². The third kappa shape index (κ3) is 4.12. The molecule has 2 aliphatic rings. The molecule has 0 aliphatic carbocycles. The van der Waals surface area contributed by atoms with Crippen molar-refractivity contribution in [2.24, 2.45) is 15.1 Å². The lowest BCUT2D eigenvalue weighted by molar-refractivity contribution is -0.00687. The summed E-state index contributed by atoms with van der Waals surface area (Å²) >= 11 is 5.91. The first kappa shape index (κ1) is 25.6. The van der Waals surface area contributed by atoms with Gasteiger partial charge in [-0.1, -0.05) is 11.6 Å². The predicted molar refractivity (Wildman–Crippen MR) is 128 cm³/mol. The van der Waals surface area contributed by atoms with Crippen LogP contribution in [0.15, 0.2) is 33.8 Å². The standard InChI is InChI=1S/C23H25ClF3N5O2S/c1-12-7-13(24)10-29-18(12)16(33)8-14-5-6-15(25)19(31-14)22(4)17-9-23(26,27)11-30-35(17,34)21(2,3)20(28)32-22/h5-7,10,17H,8-9,11H2,1-4H3,(H2,28,32)/t17-,22+,35-/m1/s1. The molecule has 2 aliphatic heterocycles. The maximum atomic E-state index is 15.2. The van der Waals surface area contributed by atoms with Gasteiger partial charge in [0.05, 0.1) is 26.4 Å². The summed E-state index contributed by atoms with van der Waals surface area (Å²) in [5, 5.41) is -0.975. The summed E-state index contributed by atoms with van der Waals surface area (Å²) in [6.07, 6.45) is 0.297. The Morgan fingerprint density at radius 2 is 1.97 bits per heavy atom. The molecule has 2 aromatic rings. The first-order chi connectivity index (χ1) is 16.1. The zero-order chi connectivity index (χ0) is 26.0. The van der Waals surface area contributed by atoms with E-state index in [0.717, 1.165) is 6.07 Å². The van der Waals surface area contributed by atoms with E-state index in [-0.39, 0.29) is 35.1 Å². The second kappa shape index (κ2) is 8.26.